The number of nitrogens with zero attached hydrogens (tertiary/aromatic N) is 1. The second kappa shape index (κ2) is 4.24. The lowest BCUT2D eigenvalue weighted by molar-refractivity contribution is 0.102. The molecule has 0 aliphatic heterocycles. The Morgan fingerprint density at radius 1 is 1.44 bits per heavy atom. The summed E-state index contributed by atoms with van der Waals surface area (Å²) in [4.78, 5) is 11.7. The molecular weight excluding hydrogens is 228 g/mol. The number of carbonyl (C=O) groups is 1. The molecule has 2 aromatic rings. The third-order valence-corrected chi connectivity index (χ3v) is 2.35. The molecule has 2 rings (SSSR count). The Balaban J connectivity index is 2.18. The summed E-state index contributed by atoms with van der Waals surface area (Å²) >= 11 is 5.76. The fourth-order valence-electron chi connectivity index (χ4n) is 1.20. The van der Waals surface area contributed by atoms with E-state index in [9.17, 15) is 4.79 Å². The highest BCUT2D eigenvalue weighted by molar-refractivity contribution is 6.33. The molecule has 0 atom stereocenters. The van der Waals surface area contributed by atoms with Crippen LogP contribution in [-0.4, -0.2) is 16.1 Å². The standard InChI is InChI=1S/C10H9ClN4O/c11-7-2-1-6(5-8(7)12)10(16)14-9-3-4-13-15-9/h1-5H,12H2,(H2,13,14,15,16). The van der Waals surface area contributed by atoms with Crippen LogP contribution in [-0.2, 0) is 0 Å². The van der Waals surface area contributed by atoms with Gasteiger partial charge in [-0.15, -0.1) is 0 Å². The number of halogens is 1. The molecule has 6 heteroatoms. The van der Waals surface area contributed by atoms with Gasteiger partial charge in [-0.1, -0.05) is 11.6 Å². The number of hydrogen-bond acceptors (Lipinski definition) is 3. The number of aromatic nitrogens is 2. The summed E-state index contributed by atoms with van der Waals surface area (Å²) in [6, 6.07) is 6.36. The van der Waals surface area contributed by atoms with Gasteiger partial charge in [0.1, 0.15) is 5.82 Å². The van der Waals surface area contributed by atoms with Gasteiger partial charge in [-0.25, -0.2) is 0 Å². The SMILES string of the molecule is Nc1cc(C(=O)Nc2ccn[nH]2)ccc1Cl. The van der Waals surface area contributed by atoms with Crippen LogP contribution in [0.1, 0.15) is 10.4 Å². The lowest BCUT2D eigenvalue weighted by atomic mass is 10.2. The molecular formula is C10H9ClN4O. The third kappa shape index (κ3) is 2.14. The van der Waals surface area contributed by atoms with Crippen molar-refractivity contribution in [3.05, 3.63) is 41.0 Å². The second-order valence-corrected chi connectivity index (χ2v) is 3.57. The Labute approximate surface area is 96.6 Å². The Kier molecular flexibility index (Phi) is 2.78. The molecule has 1 amide bonds. The maximum Gasteiger partial charge on any atom is 0.256 e. The van der Waals surface area contributed by atoms with Gasteiger partial charge in [-0.3, -0.25) is 9.89 Å². The largest absolute Gasteiger partial charge is 0.398 e. The molecule has 5 nitrogen and oxygen atoms in total. The molecule has 0 bridgehead atoms. The summed E-state index contributed by atoms with van der Waals surface area (Å²) in [5, 5.41) is 9.40. The number of nitrogens with two attached hydrogens (primary N) is 1. The van der Waals surface area contributed by atoms with E-state index in [1.807, 2.05) is 0 Å². The summed E-state index contributed by atoms with van der Waals surface area (Å²) in [6.45, 7) is 0. The van der Waals surface area contributed by atoms with Crippen molar-refractivity contribution in [2.75, 3.05) is 11.1 Å². The van der Waals surface area contributed by atoms with E-state index >= 15 is 0 Å². The zero-order valence-corrected chi connectivity index (χ0v) is 8.95. The number of rotatable bonds is 2. The average molecular weight is 237 g/mol. The molecule has 1 aromatic heterocycles. The molecule has 0 unspecified atom stereocenters. The Morgan fingerprint density at radius 2 is 2.25 bits per heavy atom. The van der Waals surface area contributed by atoms with Crippen molar-refractivity contribution in [2.45, 2.75) is 0 Å². The Hall–Kier alpha value is -2.01. The first-order valence-electron chi connectivity index (χ1n) is 4.52. The number of nitrogens with one attached hydrogen (secondary N) is 2. The lowest BCUT2D eigenvalue weighted by Gasteiger charge is -2.04. The quantitative estimate of drug-likeness (QED) is 0.697. The molecule has 0 aliphatic carbocycles. The molecule has 0 saturated carbocycles. The number of hydrogen-bond donors (Lipinski definition) is 3. The number of nitrogen functional groups attached to an aromatic ring is 1. The van der Waals surface area contributed by atoms with Crippen molar-refractivity contribution in [1.29, 1.82) is 0 Å². The summed E-state index contributed by atoms with van der Waals surface area (Å²) in [7, 11) is 0. The van der Waals surface area contributed by atoms with Crippen LogP contribution < -0.4 is 11.1 Å². The molecule has 82 valence electrons. The first-order chi connectivity index (χ1) is 7.66. The normalized spacial score (nSPS) is 10.1. The second-order valence-electron chi connectivity index (χ2n) is 3.16. The van der Waals surface area contributed by atoms with E-state index in [1.165, 1.54) is 6.07 Å². The van der Waals surface area contributed by atoms with E-state index in [4.69, 9.17) is 17.3 Å². The molecule has 1 aromatic carbocycles. The molecule has 1 heterocycles. The first-order valence-corrected chi connectivity index (χ1v) is 4.90. The minimum atomic E-state index is -0.271. The number of H-pyrrole nitrogens is 1. The zero-order chi connectivity index (χ0) is 11.5. The predicted molar refractivity (Wildman–Crippen MR) is 62.4 cm³/mol. The monoisotopic (exact) mass is 236 g/mol. The summed E-state index contributed by atoms with van der Waals surface area (Å²) in [5.41, 5.74) is 6.41. The van der Waals surface area contributed by atoms with Crippen LogP contribution in [0.15, 0.2) is 30.5 Å². The van der Waals surface area contributed by atoms with Crippen LogP contribution in [0.2, 0.25) is 5.02 Å². The maximum atomic E-state index is 11.7. The van der Waals surface area contributed by atoms with Crippen LogP contribution in [0, 0.1) is 0 Å². The molecule has 0 radical (unpaired) electrons. The van der Waals surface area contributed by atoms with E-state index in [-0.39, 0.29) is 5.91 Å². The van der Waals surface area contributed by atoms with Gasteiger partial charge in [0.05, 0.1) is 16.9 Å². The lowest BCUT2D eigenvalue weighted by Crippen LogP contribution is -2.12. The number of aromatic amines is 1. The van der Waals surface area contributed by atoms with Crippen LogP contribution in [0.5, 0.6) is 0 Å². The summed E-state index contributed by atoms with van der Waals surface area (Å²) < 4.78 is 0. The average Bonchev–Trinajstić information content (AvgIpc) is 2.74. The van der Waals surface area contributed by atoms with Gasteiger partial charge >= 0.3 is 0 Å². The van der Waals surface area contributed by atoms with Gasteiger partial charge in [-0.05, 0) is 18.2 Å². The van der Waals surface area contributed by atoms with E-state index < -0.39 is 0 Å². The van der Waals surface area contributed by atoms with Crippen molar-refractivity contribution in [2.24, 2.45) is 0 Å². The van der Waals surface area contributed by atoms with Crippen LogP contribution in [0.4, 0.5) is 11.5 Å². The maximum absolute atomic E-state index is 11.7. The number of amides is 1. The van der Waals surface area contributed by atoms with Gasteiger partial charge in [0.25, 0.3) is 5.91 Å². The Morgan fingerprint density at radius 3 is 2.88 bits per heavy atom. The molecule has 4 N–H and O–H groups in total. The summed E-state index contributed by atoms with van der Waals surface area (Å²) in [5.74, 6) is 0.256. The van der Waals surface area contributed by atoms with Gasteiger partial charge < -0.3 is 11.1 Å². The van der Waals surface area contributed by atoms with E-state index in [0.717, 1.165) is 0 Å². The van der Waals surface area contributed by atoms with Crippen molar-refractivity contribution >= 4 is 29.0 Å². The minimum Gasteiger partial charge on any atom is -0.398 e. The number of carbonyl (C=O) groups excluding carboxylic acids is 1. The highest BCUT2D eigenvalue weighted by atomic mass is 35.5. The first kappa shape index (κ1) is 10.5. The Bertz CT molecular complexity index is 510. The highest BCUT2D eigenvalue weighted by Gasteiger charge is 2.08. The van der Waals surface area contributed by atoms with Crippen molar-refractivity contribution in [1.82, 2.24) is 10.2 Å². The molecule has 0 aliphatic rings. The van der Waals surface area contributed by atoms with Crippen molar-refractivity contribution in [3.63, 3.8) is 0 Å². The van der Waals surface area contributed by atoms with Crippen LogP contribution in [0.3, 0.4) is 0 Å². The van der Waals surface area contributed by atoms with Gasteiger partial charge in [0, 0.05) is 11.6 Å². The topological polar surface area (TPSA) is 83.8 Å². The number of benzene rings is 1. The molecule has 0 fully saturated rings. The van der Waals surface area contributed by atoms with Crippen molar-refractivity contribution < 1.29 is 4.79 Å². The van der Waals surface area contributed by atoms with Gasteiger partial charge in [0.15, 0.2) is 0 Å². The van der Waals surface area contributed by atoms with E-state index in [2.05, 4.69) is 15.5 Å². The van der Waals surface area contributed by atoms with Gasteiger partial charge in [-0.2, -0.15) is 5.10 Å². The molecule has 0 saturated heterocycles. The fraction of sp³-hybridized carbons (Fsp3) is 0. The van der Waals surface area contributed by atoms with E-state index in [1.54, 1.807) is 24.4 Å². The smallest absolute Gasteiger partial charge is 0.256 e. The minimum absolute atomic E-state index is 0.271. The van der Waals surface area contributed by atoms with Crippen LogP contribution in [0.25, 0.3) is 0 Å². The van der Waals surface area contributed by atoms with Crippen LogP contribution >= 0.6 is 11.6 Å². The highest BCUT2D eigenvalue weighted by Crippen LogP contribution is 2.19. The predicted octanol–water partition coefficient (Wildman–Crippen LogP) is 1.90. The van der Waals surface area contributed by atoms with E-state index in [0.29, 0.717) is 22.1 Å². The summed E-state index contributed by atoms with van der Waals surface area (Å²) in [6.07, 6.45) is 1.55. The molecule has 16 heavy (non-hydrogen) atoms. The number of anilines is 2. The zero-order valence-electron chi connectivity index (χ0n) is 8.20. The fourth-order valence-corrected chi connectivity index (χ4v) is 1.32. The van der Waals surface area contributed by atoms with Gasteiger partial charge in [0.2, 0.25) is 0 Å². The third-order valence-electron chi connectivity index (χ3n) is 2.01. The molecule has 0 spiro atoms. The van der Waals surface area contributed by atoms with Crippen molar-refractivity contribution in [3.8, 4) is 0 Å².